The molecule has 1 saturated heterocycles. The van der Waals surface area contributed by atoms with Crippen LogP contribution in [0.1, 0.15) is 24.0 Å². The van der Waals surface area contributed by atoms with Gasteiger partial charge in [0.2, 0.25) is 5.91 Å². The molecule has 8 heteroatoms. The summed E-state index contributed by atoms with van der Waals surface area (Å²) in [4.78, 5) is 15.0. The van der Waals surface area contributed by atoms with Crippen molar-refractivity contribution in [3.05, 3.63) is 71.8 Å². The predicted octanol–water partition coefficient (Wildman–Crippen LogP) is 3.33. The van der Waals surface area contributed by atoms with Crippen LogP contribution in [-0.4, -0.2) is 45.3 Å². The predicted molar refractivity (Wildman–Crippen MR) is 127 cm³/mol. The van der Waals surface area contributed by atoms with Crippen LogP contribution < -0.4 is 10.1 Å². The van der Waals surface area contributed by atoms with Crippen LogP contribution in [0.15, 0.2) is 70.0 Å². The molecular formula is C25H25N3O4S. The molecule has 2 heterocycles. The molecule has 0 radical (unpaired) electrons. The van der Waals surface area contributed by atoms with Gasteiger partial charge in [-0.15, -0.1) is 4.40 Å². The Morgan fingerprint density at radius 3 is 2.58 bits per heavy atom. The molecule has 0 aromatic heterocycles. The molecule has 33 heavy (non-hydrogen) atoms. The van der Waals surface area contributed by atoms with Gasteiger partial charge in [-0.25, -0.2) is 0 Å². The highest BCUT2D eigenvalue weighted by atomic mass is 32.2. The topological polar surface area (TPSA) is 88.1 Å². The second kappa shape index (κ2) is 8.51. The summed E-state index contributed by atoms with van der Waals surface area (Å²) in [5.74, 6) is 1.25. The number of carbonyl (C=O) groups is 1. The van der Waals surface area contributed by atoms with Gasteiger partial charge in [0.15, 0.2) is 5.84 Å². The summed E-state index contributed by atoms with van der Waals surface area (Å²) in [5.41, 5.74) is 1.69. The molecule has 0 saturated carbocycles. The first-order valence-corrected chi connectivity index (χ1v) is 12.4. The van der Waals surface area contributed by atoms with Crippen molar-refractivity contribution >= 4 is 32.5 Å². The van der Waals surface area contributed by atoms with Gasteiger partial charge in [0.25, 0.3) is 10.0 Å². The smallest absolute Gasteiger partial charge is 0.285 e. The van der Waals surface area contributed by atoms with Crippen molar-refractivity contribution in [1.82, 2.24) is 10.2 Å². The third-order valence-electron chi connectivity index (χ3n) is 6.36. The van der Waals surface area contributed by atoms with E-state index in [0.29, 0.717) is 43.9 Å². The quantitative estimate of drug-likeness (QED) is 0.641. The Morgan fingerprint density at radius 2 is 1.79 bits per heavy atom. The SMILES string of the molecule is COc1ccc2cc(CNC(=O)C3CCN(C4=NS(=O)(=O)c5ccccc54)CC3)ccc2c1. The number of hydrogen-bond donors (Lipinski definition) is 1. The fourth-order valence-corrected chi connectivity index (χ4v) is 5.74. The van der Waals surface area contributed by atoms with Crippen molar-refractivity contribution in [3.63, 3.8) is 0 Å². The number of amides is 1. The number of piperidine rings is 1. The number of nitrogens with one attached hydrogen (secondary N) is 1. The highest BCUT2D eigenvalue weighted by Gasteiger charge is 2.34. The lowest BCUT2D eigenvalue weighted by Crippen LogP contribution is -2.42. The lowest BCUT2D eigenvalue weighted by Gasteiger charge is -2.32. The zero-order valence-electron chi connectivity index (χ0n) is 18.3. The maximum Gasteiger partial charge on any atom is 0.285 e. The van der Waals surface area contributed by atoms with Gasteiger partial charge in [-0.1, -0.05) is 30.3 Å². The van der Waals surface area contributed by atoms with Crippen LogP contribution in [0.5, 0.6) is 5.75 Å². The molecule has 1 amide bonds. The molecule has 0 aliphatic carbocycles. The Balaban J connectivity index is 1.19. The summed E-state index contributed by atoms with van der Waals surface area (Å²) in [6.45, 7) is 1.66. The lowest BCUT2D eigenvalue weighted by atomic mass is 9.95. The van der Waals surface area contributed by atoms with Gasteiger partial charge in [0.1, 0.15) is 10.6 Å². The summed E-state index contributed by atoms with van der Waals surface area (Å²) in [5, 5.41) is 5.25. The van der Waals surface area contributed by atoms with Crippen LogP contribution in [-0.2, 0) is 21.4 Å². The van der Waals surface area contributed by atoms with Crippen LogP contribution >= 0.6 is 0 Å². The first-order valence-electron chi connectivity index (χ1n) is 11.0. The zero-order chi connectivity index (χ0) is 23.0. The number of benzene rings is 3. The van der Waals surface area contributed by atoms with Crippen molar-refractivity contribution in [2.75, 3.05) is 20.2 Å². The van der Waals surface area contributed by atoms with E-state index in [0.717, 1.165) is 22.1 Å². The first-order chi connectivity index (χ1) is 15.9. The van der Waals surface area contributed by atoms with E-state index >= 15 is 0 Å². The summed E-state index contributed by atoms with van der Waals surface area (Å²) >= 11 is 0. The number of amidine groups is 1. The molecular weight excluding hydrogens is 438 g/mol. The number of ether oxygens (including phenoxy) is 1. The largest absolute Gasteiger partial charge is 0.497 e. The monoisotopic (exact) mass is 463 g/mol. The van der Waals surface area contributed by atoms with E-state index in [2.05, 4.69) is 15.8 Å². The Labute approximate surface area is 193 Å². The maximum atomic E-state index is 12.8. The van der Waals surface area contributed by atoms with E-state index < -0.39 is 10.0 Å². The zero-order valence-corrected chi connectivity index (χ0v) is 19.1. The number of nitrogens with zero attached hydrogens (tertiary/aromatic N) is 2. The van der Waals surface area contributed by atoms with Crippen molar-refractivity contribution in [3.8, 4) is 5.75 Å². The standard InChI is InChI=1S/C25H25N3O4S/c1-32-21-9-8-19-14-17(6-7-20(19)15-21)16-26-25(29)18-10-12-28(13-11-18)24-22-4-2-3-5-23(22)33(30,31)27-24/h2-9,14-15,18H,10-13,16H2,1H3,(H,26,29). The summed E-state index contributed by atoms with van der Waals surface area (Å²) < 4.78 is 33.9. The Hall–Kier alpha value is -3.39. The van der Waals surface area contributed by atoms with Gasteiger partial charge < -0.3 is 15.0 Å². The molecule has 2 aliphatic heterocycles. The molecule has 0 atom stereocenters. The molecule has 0 bridgehead atoms. The molecule has 3 aromatic carbocycles. The Morgan fingerprint density at radius 1 is 1.06 bits per heavy atom. The van der Waals surface area contributed by atoms with Crippen molar-refractivity contribution in [1.29, 1.82) is 0 Å². The van der Waals surface area contributed by atoms with E-state index in [-0.39, 0.29) is 16.7 Å². The fourth-order valence-electron chi connectivity index (χ4n) is 4.51. The van der Waals surface area contributed by atoms with E-state index in [1.54, 1.807) is 25.3 Å². The van der Waals surface area contributed by atoms with E-state index in [4.69, 9.17) is 4.74 Å². The average Bonchev–Trinajstić information content (AvgIpc) is 3.13. The second-order valence-corrected chi connectivity index (χ2v) is 9.99. The van der Waals surface area contributed by atoms with Gasteiger partial charge in [0.05, 0.1) is 7.11 Å². The third kappa shape index (κ3) is 4.18. The molecule has 5 rings (SSSR count). The molecule has 7 nitrogen and oxygen atoms in total. The number of carbonyl (C=O) groups excluding carboxylic acids is 1. The van der Waals surface area contributed by atoms with Gasteiger partial charge in [-0.2, -0.15) is 8.42 Å². The first kappa shape index (κ1) is 21.5. The van der Waals surface area contributed by atoms with Gasteiger partial charge >= 0.3 is 0 Å². The highest BCUT2D eigenvalue weighted by Crippen LogP contribution is 2.30. The molecule has 1 fully saturated rings. The summed E-state index contributed by atoms with van der Waals surface area (Å²) in [6, 6.07) is 19.0. The van der Waals surface area contributed by atoms with E-state index in [1.807, 2.05) is 41.3 Å². The van der Waals surface area contributed by atoms with Gasteiger partial charge in [-0.3, -0.25) is 4.79 Å². The van der Waals surface area contributed by atoms with Gasteiger partial charge in [-0.05, 0) is 59.5 Å². The lowest BCUT2D eigenvalue weighted by molar-refractivity contribution is -0.126. The highest BCUT2D eigenvalue weighted by molar-refractivity contribution is 7.90. The van der Waals surface area contributed by atoms with E-state index in [9.17, 15) is 13.2 Å². The second-order valence-electron chi connectivity index (χ2n) is 8.41. The van der Waals surface area contributed by atoms with Crippen LogP contribution in [0, 0.1) is 5.92 Å². The molecule has 0 unspecified atom stereocenters. The van der Waals surface area contributed by atoms with Crippen molar-refractivity contribution < 1.29 is 17.9 Å². The minimum Gasteiger partial charge on any atom is -0.497 e. The summed E-state index contributed by atoms with van der Waals surface area (Å²) in [7, 11) is -1.98. The molecule has 1 N–H and O–H groups in total. The van der Waals surface area contributed by atoms with Crippen LogP contribution in [0.2, 0.25) is 0 Å². The number of likely N-dealkylation sites (tertiary alicyclic amines) is 1. The third-order valence-corrected chi connectivity index (χ3v) is 7.68. The van der Waals surface area contributed by atoms with Crippen LogP contribution in [0.4, 0.5) is 0 Å². The maximum absolute atomic E-state index is 12.8. The Kier molecular flexibility index (Phi) is 5.54. The fraction of sp³-hybridized carbons (Fsp3) is 0.280. The number of methoxy groups -OCH3 is 1. The minimum atomic E-state index is -3.63. The number of fused-ring (bicyclic) bond motifs is 2. The number of hydrogen-bond acceptors (Lipinski definition) is 5. The normalized spacial score (nSPS) is 17.5. The molecule has 0 spiro atoms. The minimum absolute atomic E-state index is 0.0332. The number of sulfonamides is 1. The van der Waals surface area contributed by atoms with Gasteiger partial charge in [0, 0.05) is 31.1 Å². The molecule has 3 aromatic rings. The average molecular weight is 464 g/mol. The van der Waals surface area contributed by atoms with Crippen molar-refractivity contribution in [2.24, 2.45) is 10.3 Å². The number of rotatable bonds is 4. The van der Waals surface area contributed by atoms with Crippen molar-refractivity contribution in [2.45, 2.75) is 24.3 Å². The van der Waals surface area contributed by atoms with E-state index in [1.165, 1.54) is 0 Å². The summed E-state index contributed by atoms with van der Waals surface area (Å²) in [6.07, 6.45) is 1.31. The van der Waals surface area contributed by atoms with Crippen LogP contribution in [0.3, 0.4) is 0 Å². The van der Waals surface area contributed by atoms with Crippen LogP contribution in [0.25, 0.3) is 10.8 Å². The Bertz CT molecular complexity index is 1360. The molecule has 2 aliphatic rings. The molecule has 170 valence electrons.